The topological polar surface area (TPSA) is 12.0 Å². The molecule has 1 N–H and O–H groups in total. The Hall–Kier alpha value is -2.38. The van der Waals surface area contributed by atoms with Crippen molar-refractivity contribution in [1.29, 1.82) is 0 Å². The zero-order valence-corrected chi connectivity index (χ0v) is 14.4. The van der Waals surface area contributed by atoms with Crippen molar-refractivity contribution in [3.63, 3.8) is 0 Å². The third kappa shape index (κ3) is 3.93. The van der Waals surface area contributed by atoms with E-state index in [1.54, 1.807) is 0 Å². The number of rotatable bonds is 6. The van der Waals surface area contributed by atoms with Crippen LogP contribution in [-0.2, 0) is 0 Å². The smallest absolute Gasteiger partial charge is 0.0581 e. The van der Waals surface area contributed by atoms with Crippen LogP contribution in [0, 0.1) is 6.92 Å². The van der Waals surface area contributed by atoms with Crippen LogP contribution in [0.5, 0.6) is 0 Å². The highest BCUT2D eigenvalue weighted by atomic mass is 15.0. The third-order valence-corrected chi connectivity index (χ3v) is 4.52. The van der Waals surface area contributed by atoms with Gasteiger partial charge in [-0.1, -0.05) is 97.4 Å². The second-order valence-electron chi connectivity index (χ2n) is 6.29. The fourth-order valence-electron chi connectivity index (χ4n) is 3.13. The normalized spacial score (nSPS) is 13.4. The predicted octanol–water partition coefficient (Wildman–Crippen LogP) is 5.83. The molecular formula is C23H25N. The standard InChI is InChI=1S/C23H25N/c1-3-22(19-10-6-4-7-11-19)24-23(20-12-8-5-9-13-20)21-16-14-18(2)15-17-21/h4-17,22-24H,3H2,1-2H3/t22-,23+/m1/s1. The van der Waals surface area contributed by atoms with Gasteiger partial charge in [0.1, 0.15) is 0 Å². The molecule has 3 aromatic rings. The lowest BCUT2D eigenvalue weighted by atomic mass is 9.95. The zero-order chi connectivity index (χ0) is 16.8. The van der Waals surface area contributed by atoms with E-state index in [-0.39, 0.29) is 6.04 Å². The number of hydrogen-bond donors (Lipinski definition) is 1. The van der Waals surface area contributed by atoms with E-state index >= 15 is 0 Å². The fourth-order valence-corrected chi connectivity index (χ4v) is 3.13. The Morgan fingerprint density at radius 3 is 1.71 bits per heavy atom. The average Bonchev–Trinajstić information content (AvgIpc) is 2.65. The monoisotopic (exact) mass is 315 g/mol. The van der Waals surface area contributed by atoms with Crippen molar-refractivity contribution in [3.05, 3.63) is 107 Å². The van der Waals surface area contributed by atoms with Crippen LogP contribution in [0.15, 0.2) is 84.9 Å². The summed E-state index contributed by atoms with van der Waals surface area (Å²) in [5, 5.41) is 3.87. The molecule has 0 aliphatic carbocycles. The van der Waals surface area contributed by atoms with E-state index in [1.165, 1.54) is 22.3 Å². The molecule has 0 bridgehead atoms. The minimum Gasteiger partial charge on any atom is -0.299 e. The van der Waals surface area contributed by atoms with Crippen molar-refractivity contribution < 1.29 is 0 Å². The van der Waals surface area contributed by atoms with Crippen molar-refractivity contribution in [1.82, 2.24) is 5.32 Å². The van der Waals surface area contributed by atoms with Gasteiger partial charge in [0.05, 0.1) is 6.04 Å². The summed E-state index contributed by atoms with van der Waals surface area (Å²) in [7, 11) is 0. The molecule has 0 unspecified atom stereocenters. The predicted molar refractivity (Wildman–Crippen MR) is 102 cm³/mol. The minimum absolute atomic E-state index is 0.192. The molecule has 0 saturated carbocycles. The molecule has 1 nitrogen and oxygen atoms in total. The van der Waals surface area contributed by atoms with E-state index in [9.17, 15) is 0 Å². The first-order valence-corrected chi connectivity index (χ1v) is 8.70. The van der Waals surface area contributed by atoms with E-state index < -0.39 is 0 Å². The lowest BCUT2D eigenvalue weighted by Gasteiger charge is -2.26. The lowest BCUT2D eigenvalue weighted by Crippen LogP contribution is -2.27. The molecule has 0 radical (unpaired) electrons. The van der Waals surface area contributed by atoms with Crippen molar-refractivity contribution in [2.45, 2.75) is 32.4 Å². The quantitative estimate of drug-likeness (QED) is 0.604. The molecule has 122 valence electrons. The Balaban J connectivity index is 1.94. The van der Waals surface area contributed by atoms with Gasteiger partial charge in [0.25, 0.3) is 0 Å². The summed E-state index contributed by atoms with van der Waals surface area (Å²) in [5.41, 5.74) is 5.24. The second kappa shape index (κ2) is 7.94. The first-order valence-electron chi connectivity index (χ1n) is 8.70. The summed E-state index contributed by atoms with van der Waals surface area (Å²) in [6.07, 6.45) is 1.05. The molecule has 0 heterocycles. The largest absolute Gasteiger partial charge is 0.299 e. The van der Waals surface area contributed by atoms with Gasteiger partial charge in [0.15, 0.2) is 0 Å². The lowest BCUT2D eigenvalue weighted by molar-refractivity contribution is 0.474. The highest BCUT2D eigenvalue weighted by Crippen LogP contribution is 2.27. The molecule has 0 aliphatic rings. The van der Waals surface area contributed by atoms with Crippen LogP contribution >= 0.6 is 0 Å². The summed E-state index contributed by atoms with van der Waals surface area (Å²) >= 11 is 0. The van der Waals surface area contributed by atoms with Gasteiger partial charge in [-0.25, -0.2) is 0 Å². The minimum atomic E-state index is 0.192. The zero-order valence-electron chi connectivity index (χ0n) is 14.4. The van der Waals surface area contributed by atoms with Crippen LogP contribution < -0.4 is 5.32 Å². The van der Waals surface area contributed by atoms with Crippen LogP contribution in [0.25, 0.3) is 0 Å². The maximum Gasteiger partial charge on any atom is 0.0581 e. The molecule has 0 aromatic heterocycles. The fraction of sp³-hybridized carbons (Fsp3) is 0.217. The molecule has 0 fully saturated rings. The van der Waals surface area contributed by atoms with Crippen LogP contribution in [0.3, 0.4) is 0 Å². The van der Waals surface area contributed by atoms with Crippen LogP contribution in [-0.4, -0.2) is 0 Å². The molecule has 2 atom stereocenters. The van der Waals surface area contributed by atoms with Crippen molar-refractivity contribution in [2.24, 2.45) is 0 Å². The molecule has 3 aromatic carbocycles. The van der Waals surface area contributed by atoms with Crippen LogP contribution in [0.1, 0.15) is 47.7 Å². The van der Waals surface area contributed by atoms with Gasteiger partial charge in [-0.2, -0.15) is 0 Å². The summed E-state index contributed by atoms with van der Waals surface area (Å²) in [6.45, 7) is 4.37. The number of benzene rings is 3. The van der Waals surface area contributed by atoms with Gasteiger partial charge in [-0.3, -0.25) is 5.32 Å². The Bertz CT molecular complexity index is 732. The molecule has 24 heavy (non-hydrogen) atoms. The van der Waals surface area contributed by atoms with E-state index in [4.69, 9.17) is 0 Å². The van der Waals surface area contributed by atoms with Crippen LogP contribution in [0.4, 0.5) is 0 Å². The first-order chi connectivity index (χ1) is 11.8. The SMILES string of the molecule is CC[C@@H](N[C@@H](c1ccccc1)c1ccc(C)cc1)c1ccccc1. The van der Waals surface area contributed by atoms with Crippen molar-refractivity contribution >= 4 is 0 Å². The highest BCUT2D eigenvalue weighted by molar-refractivity contribution is 5.34. The number of nitrogens with one attached hydrogen (secondary N) is 1. The summed E-state index contributed by atoms with van der Waals surface area (Å²) < 4.78 is 0. The molecular weight excluding hydrogens is 290 g/mol. The van der Waals surface area contributed by atoms with Crippen molar-refractivity contribution in [3.8, 4) is 0 Å². The van der Waals surface area contributed by atoms with Gasteiger partial charge in [0, 0.05) is 6.04 Å². The molecule has 3 rings (SSSR count). The Kier molecular flexibility index (Phi) is 5.45. The first kappa shape index (κ1) is 16.5. The van der Waals surface area contributed by atoms with Gasteiger partial charge < -0.3 is 0 Å². The number of aryl methyl sites for hydroxylation is 1. The summed E-state index contributed by atoms with van der Waals surface area (Å²) in [5.74, 6) is 0. The third-order valence-electron chi connectivity index (χ3n) is 4.52. The average molecular weight is 315 g/mol. The molecule has 1 heteroatoms. The van der Waals surface area contributed by atoms with Gasteiger partial charge in [0.2, 0.25) is 0 Å². The highest BCUT2D eigenvalue weighted by Gasteiger charge is 2.18. The van der Waals surface area contributed by atoms with Gasteiger partial charge in [-0.15, -0.1) is 0 Å². The number of hydrogen-bond acceptors (Lipinski definition) is 1. The van der Waals surface area contributed by atoms with E-state index in [0.717, 1.165) is 6.42 Å². The maximum atomic E-state index is 3.87. The van der Waals surface area contributed by atoms with E-state index in [2.05, 4.69) is 104 Å². The molecule has 0 aliphatic heterocycles. The Labute approximate surface area is 145 Å². The van der Waals surface area contributed by atoms with Gasteiger partial charge >= 0.3 is 0 Å². The molecule has 0 amide bonds. The summed E-state index contributed by atoms with van der Waals surface area (Å²) in [4.78, 5) is 0. The van der Waals surface area contributed by atoms with Crippen molar-refractivity contribution in [2.75, 3.05) is 0 Å². The summed E-state index contributed by atoms with van der Waals surface area (Å²) in [6, 6.07) is 30.8. The Morgan fingerprint density at radius 2 is 1.17 bits per heavy atom. The molecule has 0 saturated heterocycles. The maximum absolute atomic E-state index is 3.87. The molecule has 0 spiro atoms. The van der Waals surface area contributed by atoms with E-state index in [0.29, 0.717) is 6.04 Å². The second-order valence-corrected chi connectivity index (χ2v) is 6.29. The van der Waals surface area contributed by atoms with Crippen LogP contribution in [0.2, 0.25) is 0 Å². The Morgan fingerprint density at radius 1 is 0.667 bits per heavy atom. The van der Waals surface area contributed by atoms with Gasteiger partial charge in [-0.05, 0) is 30.0 Å². The van der Waals surface area contributed by atoms with E-state index in [1.807, 2.05) is 0 Å².